The Hall–Kier alpha value is -1.62. The van der Waals surface area contributed by atoms with Crippen molar-refractivity contribution in [2.75, 3.05) is 13.7 Å². The number of amides is 1. The second kappa shape index (κ2) is 4.47. The number of esters is 1. The number of piperidine rings is 1. The van der Waals surface area contributed by atoms with E-state index >= 15 is 0 Å². The molecule has 2 fully saturated rings. The molecule has 5 rings (SSSR count). The molecule has 2 bridgehead atoms. The Morgan fingerprint density at radius 1 is 1.39 bits per heavy atom. The van der Waals surface area contributed by atoms with Gasteiger partial charge in [0.2, 0.25) is 5.91 Å². The van der Waals surface area contributed by atoms with Crippen LogP contribution in [0.25, 0.3) is 0 Å². The van der Waals surface area contributed by atoms with Gasteiger partial charge in [0.05, 0.1) is 31.7 Å². The number of nitrogens with zero attached hydrogens (tertiary/aromatic N) is 1. The molecule has 1 spiro atoms. The Morgan fingerprint density at radius 3 is 3.04 bits per heavy atom. The van der Waals surface area contributed by atoms with Crippen LogP contribution in [0.4, 0.5) is 0 Å². The second-order valence-electron chi connectivity index (χ2n) is 7.45. The fourth-order valence-electron chi connectivity index (χ4n) is 5.52. The SMILES string of the molecule is COC(=O)[C@@H]1[C@@H]2C=C[C@]3(CN4C(=O)C5=C(CCCC5)C4C[C@H]13)O2. The molecule has 5 atom stereocenters. The topological polar surface area (TPSA) is 55.8 Å². The Labute approximate surface area is 135 Å². The molecule has 5 aliphatic rings. The summed E-state index contributed by atoms with van der Waals surface area (Å²) >= 11 is 0. The van der Waals surface area contributed by atoms with Gasteiger partial charge in [-0.3, -0.25) is 9.59 Å². The van der Waals surface area contributed by atoms with Crippen LogP contribution in [0.15, 0.2) is 23.3 Å². The summed E-state index contributed by atoms with van der Waals surface area (Å²) in [6.07, 6.45) is 8.93. The molecule has 23 heavy (non-hydrogen) atoms. The van der Waals surface area contributed by atoms with Crippen molar-refractivity contribution in [1.82, 2.24) is 4.90 Å². The van der Waals surface area contributed by atoms with Gasteiger partial charge in [-0.15, -0.1) is 0 Å². The molecule has 5 heteroatoms. The predicted octanol–water partition coefficient (Wildman–Crippen LogP) is 1.58. The van der Waals surface area contributed by atoms with Crippen LogP contribution in [0.2, 0.25) is 0 Å². The van der Waals surface area contributed by atoms with Crippen molar-refractivity contribution in [3.05, 3.63) is 23.3 Å². The molecule has 1 unspecified atom stereocenters. The summed E-state index contributed by atoms with van der Waals surface area (Å²) in [5.74, 6) is -0.0791. The Kier molecular flexibility index (Phi) is 2.68. The Bertz CT molecular complexity index is 666. The third-order valence-electron chi connectivity index (χ3n) is 6.51. The zero-order valence-corrected chi connectivity index (χ0v) is 13.3. The fraction of sp³-hybridized carbons (Fsp3) is 0.667. The van der Waals surface area contributed by atoms with E-state index in [-0.39, 0.29) is 35.9 Å². The molecule has 0 radical (unpaired) electrons. The third-order valence-corrected chi connectivity index (χ3v) is 6.51. The van der Waals surface area contributed by atoms with Gasteiger partial charge >= 0.3 is 5.97 Å². The fourth-order valence-corrected chi connectivity index (χ4v) is 5.52. The Balaban J connectivity index is 1.53. The summed E-state index contributed by atoms with van der Waals surface area (Å²) in [5.41, 5.74) is 1.90. The van der Waals surface area contributed by atoms with E-state index < -0.39 is 5.60 Å². The van der Waals surface area contributed by atoms with E-state index in [0.29, 0.717) is 6.54 Å². The van der Waals surface area contributed by atoms with E-state index in [2.05, 4.69) is 6.08 Å². The van der Waals surface area contributed by atoms with Crippen molar-refractivity contribution in [2.45, 2.75) is 49.9 Å². The van der Waals surface area contributed by atoms with Crippen LogP contribution in [-0.2, 0) is 19.1 Å². The van der Waals surface area contributed by atoms with Crippen molar-refractivity contribution in [1.29, 1.82) is 0 Å². The maximum absolute atomic E-state index is 12.8. The zero-order chi connectivity index (χ0) is 15.8. The summed E-state index contributed by atoms with van der Waals surface area (Å²) in [7, 11) is 1.45. The molecule has 4 heterocycles. The number of rotatable bonds is 1. The van der Waals surface area contributed by atoms with Gasteiger partial charge in [-0.1, -0.05) is 12.2 Å². The normalized spacial score (nSPS) is 43.5. The van der Waals surface area contributed by atoms with Gasteiger partial charge in [0.25, 0.3) is 0 Å². The summed E-state index contributed by atoms with van der Waals surface area (Å²) in [6, 6.07) is 0.178. The van der Waals surface area contributed by atoms with E-state index in [1.54, 1.807) is 0 Å². The molecule has 0 N–H and O–H groups in total. The van der Waals surface area contributed by atoms with Crippen LogP contribution in [0.3, 0.4) is 0 Å². The van der Waals surface area contributed by atoms with E-state index in [1.807, 2.05) is 11.0 Å². The van der Waals surface area contributed by atoms with E-state index in [0.717, 1.165) is 31.3 Å². The largest absolute Gasteiger partial charge is 0.469 e. The Morgan fingerprint density at radius 2 is 2.22 bits per heavy atom. The lowest BCUT2D eigenvalue weighted by Crippen LogP contribution is -2.57. The highest BCUT2D eigenvalue weighted by atomic mass is 16.5. The van der Waals surface area contributed by atoms with Gasteiger partial charge in [-0.05, 0) is 37.7 Å². The molecule has 1 amide bonds. The molecule has 0 aromatic heterocycles. The first kappa shape index (κ1) is 13.8. The van der Waals surface area contributed by atoms with E-state index in [9.17, 15) is 9.59 Å². The average molecular weight is 315 g/mol. The number of carbonyl (C=O) groups is 2. The number of carbonyl (C=O) groups excluding carboxylic acids is 2. The number of ether oxygens (including phenoxy) is 2. The number of hydrogen-bond donors (Lipinski definition) is 0. The first-order chi connectivity index (χ1) is 11.1. The molecule has 0 aromatic carbocycles. The van der Waals surface area contributed by atoms with Crippen LogP contribution in [-0.4, -0.2) is 48.2 Å². The molecule has 0 saturated carbocycles. The van der Waals surface area contributed by atoms with Crippen LogP contribution < -0.4 is 0 Å². The minimum absolute atomic E-state index is 0.118. The smallest absolute Gasteiger partial charge is 0.312 e. The first-order valence-corrected chi connectivity index (χ1v) is 8.62. The predicted molar refractivity (Wildman–Crippen MR) is 81.4 cm³/mol. The highest BCUT2D eigenvalue weighted by Crippen LogP contribution is 2.55. The summed E-state index contributed by atoms with van der Waals surface area (Å²) in [6.45, 7) is 0.578. The van der Waals surface area contributed by atoms with Crippen molar-refractivity contribution in [2.24, 2.45) is 11.8 Å². The molecule has 5 nitrogen and oxygen atoms in total. The van der Waals surface area contributed by atoms with Crippen LogP contribution in [0, 0.1) is 11.8 Å². The average Bonchev–Trinajstić information content (AvgIpc) is 3.21. The highest BCUT2D eigenvalue weighted by Gasteiger charge is 2.64. The standard InChI is InChI=1S/C18H21NO4/c1-22-17(21)15-12-8-13-10-4-2-3-5-11(10)16(20)19(13)9-18(12)7-6-14(15)23-18/h6-7,12-15H,2-5,8-9H2,1H3/t12-,13?,14+,15+,18-/m1/s1. The van der Waals surface area contributed by atoms with Crippen LogP contribution >= 0.6 is 0 Å². The lowest BCUT2D eigenvalue weighted by Gasteiger charge is -2.45. The molecule has 2 saturated heterocycles. The van der Waals surface area contributed by atoms with Crippen molar-refractivity contribution in [3.63, 3.8) is 0 Å². The van der Waals surface area contributed by atoms with Crippen LogP contribution in [0.5, 0.6) is 0 Å². The number of fused-ring (bicyclic) bond motifs is 3. The number of hydrogen-bond acceptors (Lipinski definition) is 4. The van der Waals surface area contributed by atoms with E-state index in [4.69, 9.17) is 9.47 Å². The quantitative estimate of drug-likeness (QED) is 0.545. The van der Waals surface area contributed by atoms with Crippen molar-refractivity contribution < 1.29 is 19.1 Å². The van der Waals surface area contributed by atoms with Crippen molar-refractivity contribution >= 4 is 11.9 Å². The minimum atomic E-state index is -0.482. The highest BCUT2D eigenvalue weighted by molar-refractivity contribution is 5.98. The summed E-state index contributed by atoms with van der Waals surface area (Å²) < 4.78 is 11.2. The monoisotopic (exact) mass is 315 g/mol. The second-order valence-corrected chi connectivity index (χ2v) is 7.45. The number of methoxy groups -OCH3 is 1. The molecule has 0 aromatic rings. The van der Waals surface area contributed by atoms with Gasteiger partial charge < -0.3 is 14.4 Å². The molecule has 4 aliphatic heterocycles. The molecule has 122 valence electrons. The zero-order valence-electron chi connectivity index (χ0n) is 13.3. The summed E-state index contributed by atoms with van der Waals surface area (Å²) in [5, 5.41) is 0. The summed E-state index contributed by atoms with van der Waals surface area (Å²) in [4.78, 5) is 27.1. The van der Waals surface area contributed by atoms with Crippen LogP contribution in [0.1, 0.15) is 32.1 Å². The molecular weight excluding hydrogens is 294 g/mol. The lowest BCUT2D eigenvalue weighted by atomic mass is 9.68. The van der Waals surface area contributed by atoms with Gasteiger partial charge in [0.1, 0.15) is 5.60 Å². The minimum Gasteiger partial charge on any atom is -0.469 e. The van der Waals surface area contributed by atoms with Gasteiger partial charge in [0.15, 0.2) is 0 Å². The molecule has 1 aliphatic carbocycles. The van der Waals surface area contributed by atoms with E-state index in [1.165, 1.54) is 19.1 Å². The maximum Gasteiger partial charge on any atom is 0.312 e. The first-order valence-electron chi connectivity index (χ1n) is 8.62. The third kappa shape index (κ3) is 1.61. The van der Waals surface area contributed by atoms with Gasteiger partial charge in [-0.2, -0.15) is 0 Å². The van der Waals surface area contributed by atoms with Gasteiger partial charge in [-0.25, -0.2) is 0 Å². The van der Waals surface area contributed by atoms with Crippen molar-refractivity contribution in [3.8, 4) is 0 Å². The lowest BCUT2D eigenvalue weighted by molar-refractivity contribution is -0.148. The maximum atomic E-state index is 12.8. The van der Waals surface area contributed by atoms with Gasteiger partial charge in [0, 0.05) is 11.5 Å². The molecular formula is C18H21NO4.